The number of alkyl halides is 1. The van der Waals surface area contributed by atoms with Crippen LogP contribution in [0, 0.1) is 11.8 Å². The third kappa shape index (κ3) is 5.22. The summed E-state index contributed by atoms with van der Waals surface area (Å²) in [5, 5.41) is 0. The van der Waals surface area contributed by atoms with Crippen LogP contribution in [0.1, 0.15) is 45.4 Å². The SMILES string of the molecule is CC1CCC(CCC(F)COc2ccccc2)CC1. The Balaban J connectivity index is 1.61. The summed E-state index contributed by atoms with van der Waals surface area (Å²) in [6, 6.07) is 9.49. The molecule has 1 nitrogen and oxygen atoms in total. The van der Waals surface area contributed by atoms with Gasteiger partial charge >= 0.3 is 0 Å². The monoisotopic (exact) mass is 264 g/mol. The minimum Gasteiger partial charge on any atom is -0.491 e. The molecule has 1 aromatic rings. The van der Waals surface area contributed by atoms with Crippen LogP contribution < -0.4 is 4.74 Å². The summed E-state index contributed by atoms with van der Waals surface area (Å²) < 4.78 is 19.2. The number of rotatable bonds is 6. The van der Waals surface area contributed by atoms with Crippen LogP contribution in [0.15, 0.2) is 30.3 Å². The molecule has 1 fully saturated rings. The zero-order valence-electron chi connectivity index (χ0n) is 11.9. The van der Waals surface area contributed by atoms with Crippen molar-refractivity contribution in [2.75, 3.05) is 6.61 Å². The summed E-state index contributed by atoms with van der Waals surface area (Å²) in [5.41, 5.74) is 0. The predicted molar refractivity (Wildman–Crippen MR) is 77.2 cm³/mol. The molecule has 1 atom stereocenters. The molecule has 0 heterocycles. The van der Waals surface area contributed by atoms with Gasteiger partial charge in [0.25, 0.3) is 0 Å². The standard InChI is InChI=1S/C17H25FO/c1-14-7-9-15(10-8-14)11-12-16(18)13-19-17-5-3-2-4-6-17/h2-6,14-16H,7-13H2,1H3. The summed E-state index contributed by atoms with van der Waals surface area (Å²) in [7, 11) is 0. The van der Waals surface area contributed by atoms with Crippen LogP contribution in [0.25, 0.3) is 0 Å². The maximum Gasteiger partial charge on any atom is 0.134 e. The lowest BCUT2D eigenvalue weighted by Gasteiger charge is -2.26. The predicted octanol–water partition coefficient (Wildman–Crippen LogP) is 5.01. The highest BCUT2D eigenvalue weighted by Gasteiger charge is 2.19. The molecule has 0 bridgehead atoms. The smallest absolute Gasteiger partial charge is 0.134 e. The minimum atomic E-state index is -0.834. The van der Waals surface area contributed by atoms with E-state index in [1.54, 1.807) is 0 Å². The third-order valence-corrected chi connectivity index (χ3v) is 4.20. The average Bonchev–Trinajstić information content (AvgIpc) is 2.45. The van der Waals surface area contributed by atoms with Crippen molar-refractivity contribution in [2.24, 2.45) is 11.8 Å². The molecule has 0 aromatic heterocycles. The van der Waals surface area contributed by atoms with Crippen LogP contribution in [0.2, 0.25) is 0 Å². The van der Waals surface area contributed by atoms with Crippen LogP contribution >= 0.6 is 0 Å². The number of hydrogen-bond acceptors (Lipinski definition) is 1. The Labute approximate surface area is 116 Å². The summed E-state index contributed by atoms with van der Waals surface area (Å²) in [6.07, 6.45) is 6.04. The molecule has 2 heteroatoms. The van der Waals surface area contributed by atoms with Gasteiger partial charge in [0.05, 0.1) is 0 Å². The van der Waals surface area contributed by atoms with E-state index in [1.807, 2.05) is 30.3 Å². The van der Waals surface area contributed by atoms with Crippen molar-refractivity contribution >= 4 is 0 Å². The number of para-hydroxylation sites is 1. The second-order valence-electron chi connectivity index (χ2n) is 5.92. The van der Waals surface area contributed by atoms with Crippen molar-refractivity contribution in [3.63, 3.8) is 0 Å². The van der Waals surface area contributed by atoms with Crippen LogP contribution in [0.3, 0.4) is 0 Å². The molecule has 1 aromatic carbocycles. The molecule has 0 radical (unpaired) electrons. The minimum absolute atomic E-state index is 0.188. The first-order chi connectivity index (χ1) is 9.24. The summed E-state index contributed by atoms with van der Waals surface area (Å²) in [5.74, 6) is 2.38. The molecular formula is C17H25FO. The molecule has 19 heavy (non-hydrogen) atoms. The van der Waals surface area contributed by atoms with Crippen molar-refractivity contribution < 1.29 is 9.13 Å². The Bertz CT molecular complexity index is 344. The zero-order valence-corrected chi connectivity index (χ0v) is 11.9. The normalized spacial score (nSPS) is 24.9. The number of ether oxygens (including phenoxy) is 1. The molecule has 0 amide bonds. The van der Waals surface area contributed by atoms with E-state index in [4.69, 9.17) is 4.74 Å². The molecule has 1 unspecified atom stereocenters. The lowest BCUT2D eigenvalue weighted by Crippen LogP contribution is -2.17. The maximum atomic E-state index is 13.8. The van der Waals surface area contributed by atoms with Crippen molar-refractivity contribution in [3.05, 3.63) is 30.3 Å². The summed E-state index contributed by atoms with van der Waals surface area (Å²) >= 11 is 0. The number of halogens is 1. The third-order valence-electron chi connectivity index (χ3n) is 4.20. The Kier molecular flexibility index (Phi) is 5.68. The highest BCUT2D eigenvalue weighted by Crippen LogP contribution is 2.31. The van der Waals surface area contributed by atoms with E-state index in [9.17, 15) is 4.39 Å². The average molecular weight is 264 g/mol. The molecule has 0 N–H and O–H groups in total. The van der Waals surface area contributed by atoms with Gasteiger partial charge in [0.1, 0.15) is 18.5 Å². The van der Waals surface area contributed by atoms with Gasteiger partial charge in [0, 0.05) is 0 Å². The molecule has 0 spiro atoms. The molecule has 2 rings (SSSR count). The van der Waals surface area contributed by atoms with Crippen molar-refractivity contribution in [2.45, 2.75) is 51.6 Å². The molecule has 0 saturated heterocycles. The Morgan fingerprint density at radius 3 is 2.53 bits per heavy atom. The van der Waals surface area contributed by atoms with Gasteiger partial charge in [-0.3, -0.25) is 0 Å². The maximum absolute atomic E-state index is 13.8. The summed E-state index contributed by atoms with van der Waals surface area (Å²) in [4.78, 5) is 0. The second-order valence-corrected chi connectivity index (χ2v) is 5.92. The lowest BCUT2D eigenvalue weighted by atomic mass is 9.80. The van der Waals surface area contributed by atoms with Crippen LogP contribution in [0.5, 0.6) is 5.75 Å². The quantitative estimate of drug-likeness (QED) is 0.701. The van der Waals surface area contributed by atoms with Crippen LogP contribution in [0.4, 0.5) is 4.39 Å². The molecule has 1 saturated carbocycles. The first-order valence-corrected chi connectivity index (χ1v) is 7.56. The lowest BCUT2D eigenvalue weighted by molar-refractivity contribution is 0.169. The fourth-order valence-corrected chi connectivity index (χ4v) is 2.82. The molecule has 1 aliphatic rings. The molecule has 0 aliphatic heterocycles. The molecular weight excluding hydrogens is 239 g/mol. The Hall–Kier alpha value is -1.05. The molecule has 106 valence electrons. The fourth-order valence-electron chi connectivity index (χ4n) is 2.82. The van der Waals surface area contributed by atoms with Gasteiger partial charge in [-0.1, -0.05) is 50.8 Å². The highest BCUT2D eigenvalue weighted by molar-refractivity contribution is 5.20. The van der Waals surface area contributed by atoms with Crippen molar-refractivity contribution in [1.82, 2.24) is 0 Å². The number of benzene rings is 1. The van der Waals surface area contributed by atoms with Crippen molar-refractivity contribution in [1.29, 1.82) is 0 Å². The van der Waals surface area contributed by atoms with E-state index in [0.29, 0.717) is 6.42 Å². The van der Waals surface area contributed by atoms with Gasteiger partial charge in [0.2, 0.25) is 0 Å². The first kappa shape index (κ1) is 14.4. The van der Waals surface area contributed by atoms with E-state index in [0.717, 1.165) is 24.0 Å². The van der Waals surface area contributed by atoms with Crippen LogP contribution in [-0.2, 0) is 0 Å². The fraction of sp³-hybridized carbons (Fsp3) is 0.647. The second kappa shape index (κ2) is 7.52. The highest BCUT2D eigenvalue weighted by atomic mass is 19.1. The van der Waals surface area contributed by atoms with Gasteiger partial charge in [0.15, 0.2) is 0 Å². The van der Waals surface area contributed by atoms with Gasteiger partial charge < -0.3 is 4.74 Å². The first-order valence-electron chi connectivity index (χ1n) is 7.56. The Morgan fingerprint density at radius 2 is 1.84 bits per heavy atom. The van der Waals surface area contributed by atoms with Crippen molar-refractivity contribution in [3.8, 4) is 5.75 Å². The van der Waals surface area contributed by atoms with Gasteiger partial charge in [-0.05, 0) is 36.8 Å². The van der Waals surface area contributed by atoms with E-state index in [2.05, 4.69) is 6.92 Å². The van der Waals surface area contributed by atoms with E-state index in [-0.39, 0.29) is 6.61 Å². The van der Waals surface area contributed by atoms with E-state index in [1.165, 1.54) is 25.7 Å². The largest absolute Gasteiger partial charge is 0.491 e. The molecule has 1 aliphatic carbocycles. The number of hydrogen-bond donors (Lipinski definition) is 0. The van der Waals surface area contributed by atoms with Crippen LogP contribution in [-0.4, -0.2) is 12.8 Å². The summed E-state index contributed by atoms with van der Waals surface area (Å²) in [6.45, 7) is 2.51. The topological polar surface area (TPSA) is 9.23 Å². The van der Waals surface area contributed by atoms with E-state index < -0.39 is 6.17 Å². The van der Waals surface area contributed by atoms with E-state index >= 15 is 0 Å². The zero-order chi connectivity index (χ0) is 13.5. The van der Waals surface area contributed by atoms with Gasteiger partial charge in [-0.15, -0.1) is 0 Å². The Morgan fingerprint density at radius 1 is 1.16 bits per heavy atom. The van der Waals surface area contributed by atoms with Gasteiger partial charge in [-0.2, -0.15) is 0 Å². The van der Waals surface area contributed by atoms with Gasteiger partial charge in [-0.25, -0.2) is 4.39 Å².